The Labute approximate surface area is 147 Å². The quantitative estimate of drug-likeness (QED) is 0.495. The highest BCUT2D eigenvalue weighted by atomic mass is 16.2. The van der Waals surface area contributed by atoms with Crippen molar-refractivity contribution in [1.29, 1.82) is 0 Å². The molecule has 1 aliphatic rings. The first-order valence-electron chi connectivity index (χ1n) is 8.37. The number of carbonyl (C=O) groups excluding carboxylic acids is 3. The molecule has 1 aromatic rings. The van der Waals surface area contributed by atoms with Crippen LogP contribution in [0.2, 0.25) is 0 Å². The Morgan fingerprint density at radius 1 is 1.12 bits per heavy atom. The fourth-order valence-electron chi connectivity index (χ4n) is 2.72. The second-order valence-electron chi connectivity index (χ2n) is 6.28. The molecule has 2 N–H and O–H groups in total. The van der Waals surface area contributed by atoms with Crippen LogP contribution in [0.1, 0.15) is 37.3 Å². The highest BCUT2D eigenvalue weighted by Crippen LogP contribution is 2.19. The molecule has 0 aromatic heterocycles. The zero-order valence-electron chi connectivity index (χ0n) is 14.9. The number of hydrogen-bond donors (Lipinski definition) is 2. The average Bonchev–Trinajstić information content (AvgIpc) is 3.10. The molecule has 25 heavy (non-hydrogen) atoms. The number of hydrogen-bond acceptors (Lipinski definition) is 4. The Balaban J connectivity index is 1.86. The van der Waals surface area contributed by atoms with Crippen molar-refractivity contribution in [2.24, 2.45) is 5.10 Å². The number of benzene rings is 1. The van der Waals surface area contributed by atoms with Crippen molar-refractivity contribution in [2.75, 3.05) is 18.4 Å². The van der Waals surface area contributed by atoms with Crippen LogP contribution >= 0.6 is 0 Å². The van der Waals surface area contributed by atoms with E-state index in [-0.39, 0.29) is 12.3 Å². The van der Waals surface area contributed by atoms with Gasteiger partial charge < -0.3 is 10.2 Å². The van der Waals surface area contributed by atoms with Gasteiger partial charge in [-0.05, 0) is 44.7 Å². The molecular weight excluding hydrogens is 320 g/mol. The maximum Gasteiger partial charge on any atom is 0.329 e. The second-order valence-corrected chi connectivity index (χ2v) is 6.28. The molecule has 3 amide bonds. The fraction of sp³-hybridized carbons (Fsp3) is 0.444. The molecule has 1 heterocycles. The molecule has 0 saturated carbocycles. The van der Waals surface area contributed by atoms with Crippen molar-refractivity contribution in [1.82, 2.24) is 10.3 Å². The molecule has 1 aromatic carbocycles. The van der Waals surface area contributed by atoms with Gasteiger partial charge in [-0.1, -0.05) is 18.2 Å². The first-order chi connectivity index (χ1) is 11.9. The first-order valence-corrected chi connectivity index (χ1v) is 8.37. The van der Waals surface area contributed by atoms with Crippen LogP contribution < -0.4 is 10.7 Å². The van der Waals surface area contributed by atoms with Crippen LogP contribution in [0.3, 0.4) is 0 Å². The van der Waals surface area contributed by atoms with E-state index in [9.17, 15) is 14.4 Å². The summed E-state index contributed by atoms with van der Waals surface area (Å²) in [7, 11) is 0. The zero-order valence-corrected chi connectivity index (χ0v) is 14.9. The molecule has 0 bridgehead atoms. The predicted molar refractivity (Wildman–Crippen MR) is 96.2 cm³/mol. The van der Waals surface area contributed by atoms with Crippen molar-refractivity contribution in [3.8, 4) is 0 Å². The van der Waals surface area contributed by atoms with E-state index in [4.69, 9.17) is 0 Å². The lowest BCUT2D eigenvalue weighted by molar-refractivity contribution is -0.145. The summed E-state index contributed by atoms with van der Waals surface area (Å²) in [6, 6.07) is 5.78. The van der Waals surface area contributed by atoms with Crippen LogP contribution in [0.25, 0.3) is 0 Å². The van der Waals surface area contributed by atoms with Gasteiger partial charge in [-0.15, -0.1) is 0 Å². The van der Waals surface area contributed by atoms with Gasteiger partial charge in [0.15, 0.2) is 0 Å². The molecule has 134 valence electrons. The summed E-state index contributed by atoms with van der Waals surface area (Å²) in [4.78, 5) is 37.3. The van der Waals surface area contributed by atoms with Crippen molar-refractivity contribution in [3.63, 3.8) is 0 Å². The number of para-hydroxylation sites is 1. The third-order valence-electron chi connectivity index (χ3n) is 4.10. The van der Waals surface area contributed by atoms with Gasteiger partial charge in [0.25, 0.3) is 0 Å². The molecule has 0 aliphatic carbocycles. The fourth-order valence-corrected chi connectivity index (χ4v) is 2.72. The van der Waals surface area contributed by atoms with Gasteiger partial charge in [0, 0.05) is 24.5 Å². The van der Waals surface area contributed by atoms with Gasteiger partial charge in [0.05, 0.1) is 6.42 Å². The van der Waals surface area contributed by atoms with Crippen LogP contribution in [-0.2, 0) is 14.4 Å². The standard InChI is InChI=1S/C18H24N4O3/c1-12-7-6-8-13(2)16(12)19-15(23)11-14(3)20-21-17(24)18(25)22-9-4-5-10-22/h6-8H,4-5,9-11H2,1-3H3,(H,19,23)(H,21,24)/b20-14-. The summed E-state index contributed by atoms with van der Waals surface area (Å²) >= 11 is 0. The van der Waals surface area contributed by atoms with E-state index in [0.29, 0.717) is 18.8 Å². The summed E-state index contributed by atoms with van der Waals surface area (Å²) in [6.07, 6.45) is 1.87. The number of likely N-dealkylation sites (tertiary alicyclic amines) is 1. The summed E-state index contributed by atoms with van der Waals surface area (Å²) in [5.74, 6) is -1.57. The zero-order chi connectivity index (χ0) is 18.4. The van der Waals surface area contributed by atoms with E-state index < -0.39 is 11.8 Å². The van der Waals surface area contributed by atoms with E-state index in [1.54, 1.807) is 6.92 Å². The van der Waals surface area contributed by atoms with Crippen LogP contribution in [-0.4, -0.2) is 41.4 Å². The minimum absolute atomic E-state index is 0.0337. The van der Waals surface area contributed by atoms with E-state index in [2.05, 4.69) is 15.8 Å². The molecule has 2 rings (SSSR count). The molecule has 1 fully saturated rings. The summed E-state index contributed by atoms with van der Waals surface area (Å²) in [6.45, 7) is 6.69. The highest BCUT2D eigenvalue weighted by molar-refractivity contribution is 6.35. The monoisotopic (exact) mass is 344 g/mol. The first kappa shape index (κ1) is 18.6. The molecule has 0 unspecified atom stereocenters. The normalized spacial score (nSPS) is 14.4. The average molecular weight is 344 g/mol. The van der Waals surface area contributed by atoms with E-state index in [1.807, 2.05) is 32.0 Å². The Morgan fingerprint density at radius 3 is 2.32 bits per heavy atom. The van der Waals surface area contributed by atoms with Gasteiger partial charge in [0.2, 0.25) is 5.91 Å². The Morgan fingerprint density at radius 2 is 1.72 bits per heavy atom. The van der Waals surface area contributed by atoms with E-state index >= 15 is 0 Å². The Bertz CT molecular complexity index is 686. The SMILES string of the molecule is C/C(CC(=O)Nc1c(C)cccc1C)=N/NC(=O)C(=O)N1CCCC1. The van der Waals surface area contributed by atoms with Gasteiger partial charge in [-0.3, -0.25) is 14.4 Å². The third-order valence-corrected chi connectivity index (χ3v) is 4.10. The number of amides is 3. The molecule has 1 saturated heterocycles. The number of nitrogens with one attached hydrogen (secondary N) is 2. The van der Waals surface area contributed by atoms with E-state index in [0.717, 1.165) is 29.7 Å². The minimum Gasteiger partial charge on any atom is -0.334 e. The largest absolute Gasteiger partial charge is 0.334 e. The highest BCUT2D eigenvalue weighted by Gasteiger charge is 2.24. The number of rotatable bonds is 4. The number of aryl methyl sites for hydroxylation is 2. The lowest BCUT2D eigenvalue weighted by Gasteiger charge is -2.13. The smallest absolute Gasteiger partial charge is 0.329 e. The van der Waals surface area contributed by atoms with Gasteiger partial charge >= 0.3 is 11.8 Å². The molecule has 0 atom stereocenters. The third kappa shape index (κ3) is 5.14. The van der Waals surface area contributed by atoms with Crippen LogP contribution in [0.5, 0.6) is 0 Å². The lowest BCUT2D eigenvalue weighted by Crippen LogP contribution is -2.40. The maximum absolute atomic E-state index is 12.1. The summed E-state index contributed by atoms with van der Waals surface area (Å²) in [5.41, 5.74) is 5.40. The lowest BCUT2D eigenvalue weighted by atomic mass is 10.1. The topological polar surface area (TPSA) is 90.9 Å². The van der Waals surface area contributed by atoms with Crippen LogP contribution in [0, 0.1) is 13.8 Å². The number of hydrazone groups is 1. The maximum atomic E-state index is 12.1. The van der Waals surface area contributed by atoms with Crippen molar-refractivity contribution in [3.05, 3.63) is 29.3 Å². The van der Waals surface area contributed by atoms with Crippen molar-refractivity contribution < 1.29 is 14.4 Å². The van der Waals surface area contributed by atoms with Gasteiger partial charge in [-0.2, -0.15) is 5.10 Å². The van der Waals surface area contributed by atoms with Crippen LogP contribution in [0.15, 0.2) is 23.3 Å². The Hall–Kier alpha value is -2.70. The predicted octanol–water partition coefficient (Wildman–Crippen LogP) is 1.75. The molecular formula is C18H24N4O3. The number of carbonyl (C=O) groups is 3. The van der Waals surface area contributed by atoms with Gasteiger partial charge in [-0.25, -0.2) is 5.43 Å². The van der Waals surface area contributed by atoms with Crippen LogP contribution in [0.4, 0.5) is 5.69 Å². The summed E-state index contributed by atoms with van der Waals surface area (Å²) in [5, 5.41) is 6.71. The molecule has 1 aliphatic heterocycles. The summed E-state index contributed by atoms with van der Waals surface area (Å²) < 4.78 is 0. The molecule has 7 nitrogen and oxygen atoms in total. The minimum atomic E-state index is -0.767. The molecule has 0 spiro atoms. The number of anilines is 1. The number of nitrogens with zero attached hydrogens (tertiary/aromatic N) is 2. The molecule has 7 heteroatoms. The van der Waals surface area contributed by atoms with Crippen molar-refractivity contribution >= 4 is 29.1 Å². The Kier molecular flexibility index (Phi) is 6.27. The van der Waals surface area contributed by atoms with Crippen molar-refractivity contribution in [2.45, 2.75) is 40.0 Å². The van der Waals surface area contributed by atoms with Gasteiger partial charge in [0.1, 0.15) is 0 Å². The molecule has 0 radical (unpaired) electrons. The van der Waals surface area contributed by atoms with E-state index in [1.165, 1.54) is 4.90 Å². The second kappa shape index (κ2) is 8.41.